The first-order chi connectivity index (χ1) is 12.1. The molecule has 130 valence electrons. The van der Waals surface area contributed by atoms with Crippen molar-refractivity contribution in [2.45, 2.75) is 44.2 Å². The van der Waals surface area contributed by atoms with Gasteiger partial charge in [0.25, 0.3) is 11.8 Å². The molecule has 2 aromatic rings. The average Bonchev–Trinajstić information content (AvgIpc) is 3.20. The second-order valence-electron chi connectivity index (χ2n) is 6.52. The molecule has 2 aliphatic rings. The third-order valence-corrected chi connectivity index (χ3v) is 5.47. The van der Waals surface area contributed by atoms with Crippen LogP contribution in [0.3, 0.4) is 0 Å². The summed E-state index contributed by atoms with van der Waals surface area (Å²) in [6.45, 7) is 0. The van der Waals surface area contributed by atoms with E-state index in [2.05, 4.69) is 20.6 Å². The van der Waals surface area contributed by atoms with Crippen LogP contribution in [-0.4, -0.2) is 33.9 Å². The molecule has 8 heteroatoms. The van der Waals surface area contributed by atoms with Gasteiger partial charge in [-0.25, -0.2) is 4.98 Å². The normalized spacial score (nSPS) is 21.3. The third-order valence-electron chi connectivity index (χ3n) is 4.79. The maximum Gasteiger partial charge on any atom is 0.271 e. The Morgan fingerprint density at radius 1 is 1.16 bits per heavy atom. The Bertz CT molecular complexity index is 828. The van der Waals surface area contributed by atoms with Gasteiger partial charge in [-0.2, -0.15) is 0 Å². The standard InChI is InChI=1S/C17H19N5O2S/c18-17-22-14(8-25-17)16(24)21-10-6-9(7-10)20-15(23)12-4-5-19-13-3-1-2-11(12)13/h4-5,8-10H,1-3,6-7H2,(H2,18,22)(H,20,23)(H,21,24). The molecule has 2 aromatic heterocycles. The number of hydrogen-bond donors (Lipinski definition) is 3. The first-order valence-corrected chi connectivity index (χ1v) is 9.27. The summed E-state index contributed by atoms with van der Waals surface area (Å²) in [7, 11) is 0. The Morgan fingerprint density at radius 3 is 2.64 bits per heavy atom. The number of nitrogens with zero attached hydrogens (tertiary/aromatic N) is 2. The first-order valence-electron chi connectivity index (χ1n) is 8.39. The highest BCUT2D eigenvalue weighted by molar-refractivity contribution is 7.13. The van der Waals surface area contributed by atoms with Gasteiger partial charge >= 0.3 is 0 Å². The molecule has 0 unspecified atom stereocenters. The number of amides is 2. The molecule has 2 heterocycles. The second kappa shape index (κ2) is 6.44. The van der Waals surface area contributed by atoms with Crippen molar-refractivity contribution in [3.63, 3.8) is 0 Å². The van der Waals surface area contributed by atoms with Gasteiger partial charge in [-0.3, -0.25) is 14.6 Å². The molecule has 0 spiro atoms. The van der Waals surface area contributed by atoms with Crippen LogP contribution in [-0.2, 0) is 12.8 Å². The number of nitrogens with one attached hydrogen (secondary N) is 2. The highest BCUT2D eigenvalue weighted by Crippen LogP contribution is 2.25. The molecule has 1 saturated carbocycles. The molecule has 4 N–H and O–H groups in total. The minimum absolute atomic E-state index is 0.0393. The summed E-state index contributed by atoms with van der Waals surface area (Å²) in [4.78, 5) is 32.9. The summed E-state index contributed by atoms with van der Waals surface area (Å²) in [6.07, 6.45) is 6.10. The second-order valence-corrected chi connectivity index (χ2v) is 7.41. The number of nitrogens with two attached hydrogens (primary N) is 1. The van der Waals surface area contributed by atoms with E-state index in [-0.39, 0.29) is 23.9 Å². The van der Waals surface area contributed by atoms with Crippen LogP contribution in [0.25, 0.3) is 0 Å². The van der Waals surface area contributed by atoms with Gasteiger partial charge in [-0.1, -0.05) is 0 Å². The number of thiazole rings is 1. The molecule has 0 saturated heterocycles. The third kappa shape index (κ3) is 3.21. The van der Waals surface area contributed by atoms with Crippen molar-refractivity contribution in [2.75, 3.05) is 5.73 Å². The molecule has 7 nitrogen and oxygen atoms in total. The van der Waals surface area contributed by atoms with Crippen molar-refractivity contribution >= 4 is 28.3 Å². The van der Waals surface area contributed by atoms with Gasteiger partial charge in [0.15, 0.2) is 5.13 Å². The van der Waals surface area contributed by atoms with Crippen molar-refractivity contribution in [3.8, 4) is 0 Å². The first kappa shape index (κ1) is 16.0. The van der Waals surface area contributed by atoms with E-state index in [1.165, 1.54) is 11.3 Å². The van der Waals surface area contributed by atoms with Crippen LogP contribution in [0.1, 0.15) is 51.4 Å². The van der Waals surface area contributed by atoms with Crippen LogP contribution in [0.2, 0.25) is 0 Å². The summed E-state index contributed by atoms with van der Waals surface area (Å²) in [5.74, 6) is -0.253. The van der Waals surface area contributed by atoms with Crippen LogP contribution >= 0.6 is 11.3 Å². The van der Waals surface area contributed by atoms with E-state index >= 15 is 0 Å². The van der Waals surface area contributed by atoms with Gasteiger partial charge in [-0.05, 0) is 43.7 Å². The molecule has 2 aliphatic carbocycles. The molecule has 0 radical (unpaired) electrons. The predicted molar refractivity (Wildman–Crippen MR) is 94.5 cm³/mol. The molecule has 4 rings (SSSR count). The molecular weight excluding hydrogens is 338 g/mol. The summed E-state index contributed by atoms with van der Waals surface area (Å²) < 4.78 is 0. The lowest BCUT2D eigenvalue weighted by atomic mass is 9.86. The quantitative estimate of drug-likeness (QED) is 0.764. The molecule has 0 aliphatic heterocycles. The Balaban J connectivity index is 1.29. The monoisotopic (exact) mass is 357 g/mol. The van der Waals surface area contributed by atoms with Gasteiger partial charge < -0.3 is 16.4 Å². The lowest BCUT2D eigenvalue weighted by molar-refractivity contribution is 0.0860. The highest BCUT2D eigenvalue weighted by Gasteiger charge is 2.33. The molecule has 0 bridgehead atoms. The van der Waals surface area contributed by atoms with Crippen molar-refractivity contribution in [3.05, 3.63) is 40.2 Å². The maximum absolute atomic E-state index is 12.5. The van der Waals surface area contributed by atoms with E-state index in [1.54, 1.807) is 17.6 Å². The number of hydrogen-bond acceptors (Lipinski definition) is 6. The van der Waals surface area contributed by atoms with E-state index in [1.807, 2.05) is 0 Å². The number of anilines is 1. The van der Waals surface area contributed by atoms with Gasteiger partial charge in [0, 0.05) is 34.9 Å². The van der Waals surface area contributed by atoms with E-state index < -0.39 is 0 Å². The molecule has 25 heavy (non-hydrogen) atoms. The van der Waals surface area contributed by atoms with Crippen molar-refractivity contribution < 1.29 is 9.59 Å². The Labute approximate surface area is 149 Å². The minimum Gasteiger partial charge on any atom is -0.375 e. The lowest BCUT2D eigenvalue weighted by Gasteiger charge is -2.36. The van der Waals surface area contributed by atoms with Crippen LogP contribution in [0.4, 0.5) is 5.13 Å². The average molecular weight is 357 g/mol. The number of aromatic nitrogens is 2. The van der Waals surface area contributed by atoms with Crippen molar-refractivity contribution in [2.24, 2.45) is 0 Å². The SMILES string of the molecule is Nc1nc(C(=O)NC2CC(NC(=O)c3ccnc4c3CCC4)C2)cs1. The summed E-state index contributed by atoms with van der Waals surface area (Å²) >= 11 is 1.25. The maximum atomic E-state index is 12.5. The lowest BCUT2D eigenvalue weighted by Crippen LogP contribution is -2.53. The Hall–Kier alpha value is -2.48. The Morgan fingerprint density at radius 2 is 1.92 bits per heavy atom. The molecular formula is C17H19N5O2S. The van der Waals surface area contributed by atoms with Crippen LogP contribution in [0, 0.1) is 0 Å². The zero-order valence-electron chi connectivity index (χ0n) is 13.6. The summed E-state index contributed by atoms with van der Waals surface area (Å²) in [5.41, 5.74) is 8.77. The number of fused-ring (bicyclic) bond motifs is 1. The number of rotatable bonds is 4. The number of carbonyl (C=O) groups is 2. The van der Waals surface area contributed by atoms with E-state index in [9.17, 15) is 9.59 Å². The van der Waals surface area contributed by atoms with Crippen LogP contribution in [0.5, 0.6) is 0 Å². The fraction of sp³-hybridized carbons (Fsp3) is 0.412. The molecule has 1 fully saturated rings. The van der Waals surface area contributed by atoms with Crippen LogP contribution in [0.15, 0.2) is 17.6 Å². The summed E-state index contributed by atoms with van der Waals surface area (Å²) in [5, 5.41) is 8.01. The van der Waals surface area contributed by atoms with Crippen LogP contribution < -0.4 is 16.4 Å². The number of aryl methyl sites for hydroxylation is 1. The van der Waals surface area contributed by atoms with Gasteiger partial charge in [-0.15, -0.1) is 11.3 Å². The number of nitrogen functional groups attached to an aromatic ring is 1. The number of pyridine rings is 1. The topological polar surface area (TPSA) is 110 Å². The zero-order chi connectivity index (χ0) is 17.4. The zero-order valence-corrected chi connectivity index (χ0v) is 14.4. The highest BCUT2D eigenvalue weighted by atomic mass is 32.1. The number of carbonyl (C=O) groups excluding carboxylic acids is 2. The Kier molecular flexibility index (Phi) is 4.12. The van der Waals surface area contributed by atoms with Crippen molar-refractivity contribution in [1.82, 2.24) is 20.6 Å². The predicted octanol–water partition coefficient (Wildman–Crippen LogP) is 1.30. The fourth-order valence-corrected chi connectivity index (χ4v) is 3.99. The van der Waals surface area contributed by atoms with Gasteiger partial charge in [0.2, 0.25) is 0 Å². The summed E-state index contributed by atoms with van der Waals surface area (Å²) in [6, 6.07) is 1.94. The van der Waals surface area contributed by atoms with E-state index in [0.717, 1.165) is 48.9 Å². The molecule has 0 aromatic carbocycles. The van der Waals surface area contributed by atoms with Gasteiger partial charge in [0.05, 0.1) is 0 Å². The van der Waals surface area contributed by atoms with E-state index in [0.29, 0.717) is 10.8 Å². The van der Waals surface area contributed by atoms with Gasteiger partial charge in [0.1, 0.15) is 5.69 Å². The largest absolute Gasteiger partial charge is 0.375 e. The minimum atomic E-state index is -0.213. The van der Waals surface area contributed by atoms with E-state index in [4.69, 9.17) is 5.73 Å². The smallest absolute Gasteiger partial charge is 0.271 e. The van der Waals surface area contributed by atoms with Crippen molar-refractivity contribution in [1.29, 1.82) is 0 Å². The fourth-order valence-electron chi connectivity index (χ4n) is 3.44. The molecule has 0 atom stereocenters. The molecule has 2 amide bonds.